The lowest BCUT2D eigenvalue weighted by Gasteiger charge is -2.29. The van der Waals surface area contributed by atoms with Crippen molar-refractivity contribution in [2.24, 2.45) is 7.05 Å². The van der Waals surface area contributed by atoms with Gasteiger partial charge < -0.3 is 5.32 Å². The smallest absolute Gasteiger partial charge is 0.0534 e. The summed E-state index contributed by atoms with van der Waals surface area (Å²) in [6, 6.07) is 9.67. The highest BCUT2D eigenvalue weighted by molar-refractivity contribution is 5.37. The summed E-state index contributed by atoms with van der Waals surface area (Å²) in [7, 11) is 6.22. The molecule has 1 aromatic heterocycles. The van der Waals surface area contributed by atoms with Crippen LogP contribution in [-0.4, -0.2) is 34.8 Å². The molecule has 0 saturated heterocycles. The van der Waals surface area contributed by atoms with Crippen molar-refractivity contribution in [3.8, 4) is 0 Å². The Balaban J connectivity index is 1.77. The Morgan fingerprint density at radius 1 is 1.40 bits per heavy atom. The molecule has 0 bridgehead atoms. The number of likely N-dealkylation sites (N-methyl/N-ethyl adjacent to an activating group) is 2. The quantitative estimate of drug-likeness (QED) is 0.918. The Labute approximate surface area is 120 Å². The van der Waals surface area contributed by atoms with E-state index in [1.54, 1.807) is 0 Å². The molecular formula is C16H22N4. The number of aryl methyl sites for hydroxylation is 1. The number of hydrogen-bond donors (Lipinski definition) is 1. The van der Waals surface area contributed by atoms with Gasteiger partial charge in [0.1, 0.15) is 0 Å². The van der Waals surface area contributed by atoms with Gasteiger partial charge in [-0.05, 0) is 31.6 Å². The molecule has 0 fully saturated rings. The van der Waals surface area contributed by atoms with Gasteiger partial charge in [0, 0.05) is 37.4 Å². The predicted octanol–water partition coefficient (Wildman–Crippen LogP) is 1.74. The molecule has 0 spiro atoms. The fourth-order valence-electron chi connectivity index (χ4n) is 3.29. The van der Waals surface area contributed by atoms with Crippen LogP contribution in [-0.2, 0) is 20.0 Å². The molecule has 1 aromatic carbocycles. The summed E-state index contributed by atoms with van der Waals surface area (Å²) < 4.78 is 1.86. The van der Waals surface area contributed by atoms with E-state index < -0.39 is 0 Å². The number of benzene rings is 1. The van der Waals surface area contributed by atoms with E-state index in [4.69, 9.17) is 0 Å². The van der Waals surface area contributed by atoms with Crippen LogP contribution in [0.25, 0.3) is 0 Å². The number of nitrogens with zero attached hydrogens (tertiary/aromatic N) is 3. The van der Waals surface area contributed by atoms with Crippen LogP contribution in [0.1, 0.15) is 22.7 Å². The van der Waals surface area contributed by atoms with Gasteiger partial charge in [-0.25, -0.2) is 0 Å². The van der Waals surface area contributed by atoms with Crippen molar-refractivity contribution in [3.63, 3.8) is 0 Å². The molecule has 1 N–H and O–H groups in total. The minimum Gasteiger partial charge on any atom is -0.312 e. The SMILES string of the molecule is CNC1c2ccccc2CC1N(C)Cc1cnn(C)c1. The summed E-state index contributed by atoms with van der Waals surface area (Å²) in [6.07, 6.45) is 5.15. The molecule has 2 unspecified atom stereocenters. The number of hydrogen-bond acceptors (Lipinski definition) is 3. The summed E-state index contributed by atoms with van der Waals surface area (Å²) in [5.41, 5.74) is 4.17. The minimum atomic E-state index is 0.410. The maximum atomic E-state index is 4.25. The highest BCUT2D eigenvalue weighted by Gasteiger charge is 2.33. The van der Waals surface area contributed by atoms with Gasteiger partial charge in [0.2, 0.25) is 0 Å². The van der Waals surface area contributed by atoms with E-state index in [-0.39, 0.29) is 0 Å². The van der Waals surface area contributed by atoms with Crippen molar-refractivity contribution in [1.82, 2.24) is 20.0 Å². The molecular weight excluding hydrogens is 248 g/mol. The highest BCUT2D eigenvalue weighted by Crippen LogP contribution is 2.34. The third-order valence-electron chi connectivity index (χ3n) is 4.27. The van der Waals surface area contributed by atoms with Crippen molar-refractivity contribution in [2.75, 3.05) is 14.1 Å². The number of rotatable bonds is 4. The third-order valence-corrected chi connectivity index (χ3v) is 4.27. The summed E-state index contributed by atoms with van der Waals surface area (Å²) in [5, 5.41) is 7.73. The van der Waals surface area contributed by atoms with Crippen molar-refractivity contribution in [2.45, 2.75) is 25.0 Å². The normalized spacial score (nSPS) is 21.4. The van der Waals surface area contributed by atoms with Crippen molar-refractivity contribution in [1.29, 1.82) is 0 Å². The molecule has 0 aliphatic heterocycles. The molecule has 0 saturated carbocycles. The van der Waals surface area contributed by atoms with Crippen molar-refractivity contribution in [3.05, 3.63) is 53.3 Å². The Morgan fingerprint density at radius 2 is 2.20 bits per heavy atom. The van der Waals surface area contributed by atoms with Crippen LogP contribution < -0.4 is 5.32 Å². The molecule has 4 nitrogen and oxygen atoms in total. The first kappa shape index (κ1) is 13.3. The van der Waals surface area contributed by atoms with Crippen LogP contribution >= 0.6 is 0 Å². The zero-order valence-electron chi connectivity index (χ0n) is 12.4. The zero-order chi connectivity index (χ0) is 14.1. The standard InChI is InChI=1S/C16H22N4/c1-17-16-14-7-5-4-6-13(14)8-15(16)19(2)10-12-9-18-20(3)11-12/h4-7,9,11,15-17H,8,10H2,1-3H3. The van der Waals surface area contributed by atoms with Gasteiger partial charge in [0.15, 0.2) is 0 Å². The molecule has 3 rings (SSSR count). The first-order valence-electron chi connectivity index (χ1n) is 7.12. The van der Waals surface area contributed by atoms with Crippen LogP contribution in [0.5, 0.6) is 0 Å². The fraction of sp³-hybridized carbons (Fsp3) is 0.438. The van der Waals surface area contributed by atoms with E-state index in [1.807, 2.05) is 17.9 Å². The van der Waals surface area contributed by atoms with Gasteiger partial charge in [0.05, 0.1) is 6.20 Å². The topological polar surface area (TPSA) is 33.1 Å². The van der Waals surface area contributed by atoms with E-state index in [0.29, 0.717) is 12.1 Å². The Hall–Kier alpha value is -1.65. The molecule has 1 aliphatic carbocycles. The van der Waals surface area contributed by atoms with E-state index in [2.05, 4.69) is 59.9 Å². The molecule has 106 valence electrons. The molecule has 0 radical (unpaired) electrons. The largest absolute Gasteiger partial charge is 0.312 e. The number of fused-ring (bicyclic) bond motifs is 1. The summed E-state index contributed by atoms with van der Waals surface area (Å²) in [6.45, 7) is 0.935. The van der Waals surface area contributed by atoms with Crippen LogP contribution in [0.2, 0.25) is 0 Å². The van der Waals surface area contributed by atoms with E-state index in [1.165, 1.54) is 16.7 Å². The van der Waals surface area contributed by atoms with Gasteiger partial charge in [-0.15, -0.1) is 0 Å². The lowest BCUT2D eigenvalue weighted by Crippen LogP contribution is -2.39. The minimum absolute atomic E-state index is 0.410. The van der Waals surface area contributed by atoms with Gasteiger partial charge in [-0.1, -0.05) is 24.3 Å². The average molecular weight is 270 g/mol. The average Bonchev–Trinajstić information content (AvgIpc) is 3.01. The Kier molecular flexibility index (Phi) is 3.59. The lowest BCUT2D eigenvalue weighted by molar-refractivity contribution is 0.201. The van der Waals surface area contributed by atoms with Crippen LogP contribution in [0.15, 0.2) is 36.7 Å². The molecule has 2 atom stereocenters. The summed E-state index contributed by atoms with van der Waals surface area (Å²) in [4.78, 5) is 2.43. The van der Waals surface area contributed by atoms with Gasteiger partial charge >= 0.3 is 0 Å². The third kappa shape index (κ3) is 2.37. The Morgan fingerprint density at radius 3 is 2.90 bits per heavy atom. The van der Waals surface area contributed by atoms with Crippen molar-refractivity contribution >= 4 is 0 Å². The first-order chi connectivity index (χ1) is 9.69. The second-order valence-electron chi connectivity index (χ2n) is 5.67. The molecule has 0 amide bonds. The zero-order valence-corrected chi connectivity index (χ0v) is 12.4. The maximum Gasteiger partial charge on any atom is 0.0534 e. The lowest BCUT2D eigenvalue weighted by atomic mass is 10.1. The molecule has 4 heteroatoms. The predicted molar refractivity (Wildman–Crippen MR) is 80.4 cm³/mol. The molecule has 1 heterocycles. The molecule has 2 aromatic rings. The van der Waals surface area contributed by atoms with Gasteiger partial charge in [0.25, 0.3) is 0 Å². The highest BCUT2D eigenvalue weighted by atomic mass is 15.2. The molecule has 20 heavy (non-hydrogen) atoms. The number of aromatic nitrogens is 2. The maximum absolute atomic E-state index is 4.25. The van der Waals surface area contributed by atoms with E-state index in [9.17, 15) is 0 Å². The van der Waals surface area contributed by atoms with Crippen LogP contribution in [0.3, 0.4) is 0 Å². The fourth-order valence-corrected chi connectivity index (χ4v) is 3.29. The van der Waals surface area contributed by atoms with Crippen molar-refractivity contribution < 1.29 is 0 Å². The van der Waals surface area contributed by atoms with E-state index in [0.717, 1.165) is 13.0 Å². The molecule has 1 aliphatic rings. The van der Waals surface area contributed by atoms with Gasteiger partial charge in [-0.2, -0.15) is 5.10 Å². The van der Waals surface area contributed by atoms with Crippen LogP contribution in [0.4, 0.5) is 0 Å². The van der Waals surface area contributed by atoms with E-state index >= 15 is 0 Å². The second-order valence-corrected chi connectivity index (χ2v) is 5.67. The monoisotopic (exact) mass is 270 g/mol. The van der Waals surface area contributed by atoms with Gasteiger partial charge in [-0.3, -0.25) is 9.58 Å². The summed E-state index contributed by atoms with van der Waals surface area (Å²) >= 11 is 0. The van der Waals surface area contributed by atoms with Crippen LogP contribution in [0, 0.1) is 0 Å². The second kappa shape index (κ2) is 5.38. The first-order valence-corrected chi connectivity index (χ1v) is 7.12. The summed E-state index contributed by atoms with van der Waals surface area (Å²) in [5.74, 6) is 0. The number of nitrogens with one attached hydrogen (secondary N) is 1. The Bertz CT molecular complexity index is 590.